The SMILES string of the molecule is CC(=O)OC[C@]12CCC(C)=C[C@H]1O[C@@H]1[C@@](O)(OC(C)=O)C(OC(C)=O)[C@@]2(C)[C@]12CO2. The van der Waals surface area contributed by atoms with Gasteiger partial charge in [-0.05, 0) is 19.8 Å². The Balaban J connectivity index is 1.93. The maximum Gasteiger partial charge on any atom is 0.305 e. The molecule has 1 unspecified atom stereocenters. The number of rotatable bonds is 4. The van der Waals surface area contributed by atoms with Gasteiger partial charge >= 0.3 is 17.9 Å². The van der Waals surface area contributed by atoms with Gasteiger partial charge in [-0.15, -0.1) is 0 Å². The monoisotopic (exact) mass is 424 g/mol. The van der Waals surface area contributed by atoms with E-state index in [1.165, 1.54) is 20.8 Å². The Kier molecular flexibility index (Phi) is 4.62. The molecule has 0 amide bonds. The minimum atomic E-state index is -2.24. The normalized spacial score (nSPS) is 45.9. The summed E-state index contributed by atoms with van der Waals surface area (Å²) in [5, 5.41) is 11.6. The second-order valence-electron chi connectivity index (χ2n) is 9.10. The molecule has 9 nitrogen and oxygen atoms in total. The van der Waals surface area contributed by atoms with E-state index in [0.717, 1.165) is 5.57 Å². The Hall–Kier alpha value is -1.97. The molecule has 4 aliphatic rings. The third-order valence-electron chi connectivity index (χ3n) is 7.42. The standard InChI is InChI=1S/C21H28O9/c1-11-6-7-19(9-26-12(2)22)15(8-11)29-17-20(10-27-20)18(19,5)16(28-13(3)23)21(17,25)30-14(4)24/h8,15-17,25H,6-7,9-10H2,1-5H3/t15-,16?,17+,18-,19-,20+,21+/m1/s1. The van der Waals surface area contributed by atoms with E-state index in [1.54, 1.807) is 0 Å². The molecule has 1 spiro atoms. The predicted molar refractivity (Wildman–Crippen MR) is 99.8 cm³/mol. The number of allylic oxidation sites excluding steroid dienone is 1. The van der Waals surface area contributed by atoms with Crippen molar-refractivity contribution in [2.24, 2.45) is 10.8 Å². The molecule has 0 aromatic carbocycles. The summed E-state index contributed by atoms with van der Waals surface area (Å²) in [6, 6.07) is 0. The highest BCUT2D eigenvalue weighted by Crippen LogP contribution is 2.74. The van der Waals surface area contributed by atoms with Crippen LogP contribution in [-0.2, 0) is 38.1 Å². The highest BCUT2D eigenvalue weighted by Gasteiger charge is 2.91. The van der Waals surface area contributed by atoms with Gasteiger partial charge in [-0.25, -0.2) is 0 Å². The van der Waals surface area contributed by atoms with Crippen LogP contribution in [0.5, 0.6) is 0 Å². The van der Waals surface area contributed by atoms with Crippen LogP contribution >= 0.6 is 0 Å². The van der Waals surface area contributed by atoms with E-state index >= 15 is 0 Å². The van der Waals surface area contributed by atoms with Crippen LogP contribution in [0.2, 0.25) is 0 Å². The van der Waals surface area contributed by atoms with Gasteiger partial charge in [0, 0.05) is 26.2 Å². The molecule has 3 fully saturated rings. The maximum absolute atomic E-state index is 12.1. The molecule has 1 saturated carbocycles. The fraction of sp³-hybridized carbons (Fsp3) is 0.762. The molecule has 2 bridgehead atoms. The van der Waals surface area contributed by atoms with Gasteiger partial charge in [-0.3, -0.25) is 14.4 Å². The number of epoxide rings is 1. The molecule has 0 radical (unpaired) electrons. The Morgan fingerprint density at radius 2 is 1.87 bits per heavy atom. The van der Waals surface area contributed by atoms with Crippen molar-refractivity contribution in [1.82, 2.24) is 0 Å². The largest absolute Gasteiger partial charge is 0.465 e. The summed E-state index contributed by atoms with van der Waals surface area (Å²) in [7, 11) is 0. The maximum atomic E-state index is 12.1. The highest BCUT2D eigenvalue weighted by molar-refractivity contribution is 5.69. The number of hydrogen-bond donors (Lipinski definition) is 1. The average molecular weight is 424 g/mol. The molecule has 4 rings (SSSR count). The quantitative estimate of drug-likeness (QED) is 0.232. The lowest BCUT2D eigenvalue weighted by atomic mass is 9.51. The van der Waals surface area contributed by atoms with E-state index in [2.05, 4.69) is 0 Å². The van der Waals surface area contributed by atoms with Crippen LogP contribution in [0.3, 0.4) is 0 Å². The number of carbonyl (C=O) groups is 3. The van der Waals surface area contributed by atoms with Gasteiger partial charge < -0.3 is 28.8 Å². The fourth-order valence-corrected chi connectivity index (χ4v) is 5.97. The van der Waals surface area contributed by atoms with Crippen LogP contribution in [0, 0.1) is 10.8 Å². The van der Waals surface area contributed by atoms with E-state index in [9.17, 15) is 19.5 Å². The van der Waals surface area contributed by atoms with Crippen molar-refractivity contribution >= 4 is 17.9 Å². The first-order valence-corrected chi connectivity index (χ1v) is 10.1. The minimum Gasteiger partial charge on any atom is -0.465 e. The number of carbonyl (C=O) groups excluding carboxylic acids is 3. The number of hydrogen-bond acceptors (Lipinski definition) is 9. The fourth-order valence-electron chi connectivity index (χ4n) is 5.97. The molecule has 9 heteroatoms. The van der Waals surface area contributed by atoms with Crippen molar-refractivity contribution in [3.05, 3.63) is 11.6 Å². The molecule has 0 aromatic heterocycles. The Labute approximate surface area is 174 Å². The topological polar surface area (TPSA) is 121 Å². The summed E-state index contributed by atoms with van der Waals surface area (Å²) in [5.74, 6) is -4.08. The van der Waals surface area contributed by atoms with Crippen molar-refractivity contribution < 1.29 is 43.2 Å². The van der Waals surface area contributed by atoms with Gasteiger partial charge in [0.25, 0.3) is 5.79 Å². The van der Waals surface area contributed by atoms with E-state index < -0.39 is 58.4 Å². The van der Waals surface area contributed by atoms with Gasteiger partial charge in [0.15, 0.2) is 12.2 Å². The molecule has 2 heterocycles. The van der Waals surface area contributed by atoms with Crippen molar-refractivity contribution in [3.63, 3.8) is 0 Å². The van der Waals surface area contributed by atoms with Crippen LogP contribution in [0.25, 0.3) is 0 Å². The van der Waals surface area contributed by atoms with Gasteiger partial charge in [0.2, 0.25) is 0 Å². The summed E-state index contributed by atoms with van der Waals surface area (Å²) < 4.78 is 28.7. The summed E-state index contributed by atoms with van der Waals surface area (Å²) in [6.45, 7) is 7.74. The summed E-state index contributed by atoms with van der Waals surface area (Å²) in [4.78, 5) is 35.7. The average Bonchev–Trinajstić information content (AvgIpc) is 3.41. The van der Waals surface area contributed by atoms with Crippen molar-refractivity contribution in [2.75, 3.05) is 13.2 Å². The molecule has 1 N–H and O–H groups in total. The first-order chi connectivity index (χ1) is 13.9. The molecule has 7 atom stereocenters. The predicted octanol–water partition coefficient (Wildman–Crippen LogP) is 1.02. The van der Waals surface area contributed by atoms with Crippen LogP contribution < -0.4 is 0 Å². The second kappa shape index (κ2) is 6.51. The van der Waals surface area contributed by atoms with E-state index in [-0.39, 0.29) is 13.2 Å². The Bertz CT molecular complexity index is 830. The van der Waals surface area contributed by atoms with Crippen LogP contribution in [-0.4, -0.2) is 65.9 Å². The summed E-state index contributed by atoms with van der Waals surface area (Å²) in [5.41, 5.74) is -1.88. The lowest BCUT2D eigenvalue weighted by molar-refractivity contribution is -0.283. The van der Waals surface area contributed by atoms with Gasteiger partial charge in [0.1, 0.15) is 12.2 Å². The summed E-state index contributed by atoms with van der Waals surface area (Å²) in [6.07, 6.45) is 0.300. The van der Waals surface area contributed by atoms with Gasteiger partial charge in [-0.1, -0.05) is 18.6 Å². The van der Waals surface area contributed by atoms with Crippen molar-refractivity contribution in [3.8, 4) is 0 Å². The molecule has 2 saturated heterocycles. The van der Waals surface area contributed by atoms with Crippen molar-refractivity contribution in [2.45, 2.75) is 77.2 Å². The molecule has 0 aromatic rings. The van der Waals surface area contributed by atoms with Crippen LogP contribution in [0.1, 0.15) is 47.5 Å². The molecule has 166 valence electrons. The zero-order valence-electron chi connectivity index (χ0n) is 17.9. The Morgan fingerprint density at radius 3 is 2.40 bits per heavy atom. The molecule has 30 heavy (non-hydrogen) atoms. The number of fused-ring (bicyclic) bond motifs is 2. The molecular weight excluding hydrogens is 396 g/mol. The van der Waals surface area contributed by atoms with Crippen molar-refractivity contribution in [1.29, 1.82) is 0 Å². The van der Waals surface area contributed by atoms with Gasteiger partial charge in [-0.2, -0.15) is 0 Å². The molecule has 2 aliphatic carbocycles. The first-order valence-electron chi connectivity index (χ1n) is 10.1. The number of esters is 3. The lowest BCUT2D eigenvalue weighted by Crippen LogP contribution is -2.66. The highest BCUT2D eigenvalue weighted by atomic mass is 16.7. The van der Waals surface area contributed by atoms with Crippen LogP contribution in [0.4, 0.5) is 0 Å². The minimum absolute atomic E-state index is 0.0149. The third-order valence-corrected chi connectivity index (χ3v) is 7.42. The molecule has 2 aliphatic heterocycles. The van der Waals surface area contributed by atoms with Crippen LogP contribution in [0.15, 0.2) is 11.6 Å². The van der Waals surface area contributed by atoms with E-state index in [1.807, 2.05) is 19.9 Å². The third kappa shape index (κ3) is 2.55. The molecular formula is C21H28O9. The first kappa shape index (κ1) is 21.3. The van der Waals surface area contributed by atoms with E-state index in [4.69, 9.17) is 23.7 Å². The van der Waals surface area contributed by atoms with Gasteiger partial charge in [0.05, 0.1) is 18.1 Å². The number of aliphatic hydroxyl groups is 1. The second-order valence-corrected chi connectivity index (χ2v) is 9.10. The Morgan fingerprint density at radius 1 is 1.20 bits per heavy atom. The summed E-state index contributed by atoms with van der Waals surface area (Å²) >= 11 is 0. The zero-order valence-corrected chi connectivity index (χ0v) is 17.9. The smallest absolute Gasteiger partial charge is 0.305 e. The van der Waals surface area contributed by atoms with E-state index in [0.29, 0.717) is 12.8 Å². The number of ether oxygens (including phenoxy) is 5. The zero-order chi connectivity index (χ0) is 22.1. The lowest BCUT2D eigenvalue weighted by Gasteiger charge is -2.57.